The zero-order chi connectivity index (χ0) is 20.8. The smallest absolute Gasteiger partial charge is 0.123 e. The lowest BCUT2D eigenvalue weighted by Gasteiger charge is -2.42. The Kier molecular flexibility index (Phi) is 7.06. The summed E-state index contributed by atoms with van der Waals surface area (Å²) in [6, 6.07) is 15.2. The van der Waals surface area contributed by atoms with E-state index < -0.39 is 0 Å². The Morgan fingerprint density at radius 3 is 2.17 bits per heavy atom. The maximum Gasteiger partial charge on any atom is 0.123 e. The Morgan fingerprint density at radius 2 is 1.47 bits per heavy atom. The molecule has 156 valence electrons. The average molecular weight is 401 g/mol. The van der Waals surface area contributed by atoms with Crippen LogP contribution in [0, 0.1) is 35.4 Å². The van der Waals surface area contributed by atoms with E-state index in [-0.39, 0.29) is 5.82 Å². The molecule has 0 bridgehead atoms. The van der Waals surface area contributed by atoms with E-state index in [1.165, 1.54) is 69.1 Å². The van der Waals surface area contributed by atoms with E-state index in [4.69, 9.17) is 0 Å². The van der Waals surface area contributed by atoms with E-state index in [9.17, 15) is 4.39 Å². The van der Waals surface area contributed by atoms with Crippen molar-refractivity contribution in [1.29, 1.82) is 0 Å². The Balaban J connectivity index is 1.32. The van der Waals surface area contributed by atoms with Crippen LogP contribution in [0.2, 0.25) is 0 Å². The van der Waals surface area contributed by atoms with E-state index in [1.807, 2.05) is 0 Å². The molecule has 4 unspecified atom stereocenters. The lowest BCUT2D eigenvalue weighted by atomic mass is 9.63. The number of rotatable bonds is 4. The van der Waals surface area contributed by atoms with Crippen LogP contribution in [-0.4, -0.2) is 0 Å². The number of fused-ring (bicyclic) bond motifs is 1. The van der Waals surface area contributed by atoms with Crippen LogP contribution in [0.15, 0.2) is 60.7 Å². The molecule has 2 aromatic rings. The molecule has 0 spiro atoms. The molecule has 0 nitrogen and oxygen atoms in total. The molecule has 0 aromatic heterocycles. The lowest BCUT2D eigenvalue weighted by molar-refractivity contribution is 0.115. The molecule has 2 aliphatic rings. The highest BCUT2D eigenvalue weighted by molar-refractivity contribution is 5.43. The summed E-state index contributed by atoms with van der Waals surface area (Å²) in [5, 5.41) is 0. The molecule has 0 heterocycles. The van der Waals surface area contributed by atoms with E-state index in [1.54, 1.807) is 12.1 Å². The van der Waals surface area contributed by atoms with E-state index in [2.05, 4.69) is 55.2 Å². The number of allylic oxidation sites excluding steroid dienone is 2. The van der Waals surface area contributed by atoms with Gasteiger partial charge in [0.25, 0.3) is 0 Å². The molecule has 30 heavy (non-hydrogen) atoms. The van der Waals surface area contributed by atoms with Crippen molar-refractivity contribution >= 4 is 0 Å². The Labute approximate surface area is 181 Å². The number of benzene rings is 2. The second-order valence-corrected chi connectivity index (χ2v) is 9.23. The Bertz CT molecular complexity index is 894. The fourth-order valence-electron chi connectivity index (χ4n) is 5.57. The van der Waals surface area contributed by atoms with Crippen LogP contribution in [0.5, 0.6) is 0 Å². The van der Waals surface area contributed by atoms with Crippen LogP contribution in [0.25, 0.3) is 0 Å². The fraction of sp³-hybridized carbons (Fsp3) is 0.448. The van der Waals surface area contributed by atoms with Crippen LogP contribution in [-0.2, 0) is 0 Å². The van der Waals surface area contributed by atoms with E-state index >= 15 is 0 Å². The molecule has 0 aliphatic heterocycles. The quantitative estimate of drug-likeness (QED) is 0.362. The molecule has 0 N–H and O–H groups in total. The van der Waals surface area contributed by atoms with Gasteiger partial charge in [-0.2, -0.15) is 0 Å². The predicted octanol–water partition coefficient (Wildman–Crippen LogP) is 7.88. The highest BCUT2D eigenvalue weighted by Gasteiger charge is 2.35. The summed E-state index contributed by atoms with van der Waals surface area (Å²) >= 11 is 0. The van der Waals surface area contributed by atoms with Crippen LogP contribution >= 0.6 is 0 Å². The number of halogens is 1. The molecule has 2 saturated carbocycles. The first-order chi connectivity index (χ1) is 14.7. The van der Waals surface area contributed by atoms with Crippen LogP contribution in [0.4, 0.5) is 4.39 Å². The summed E-state index contributed by atoms with van der Waals surface area (Å²) in [4.78, 5) is 0. The van der Waals surface area contributed by atoms with Crippen LogP contribution < -0.4 is 0 Å². The van der Waals surface area contributed by atoms with Gasteiger partial charge in [-0.25, -0.2) is 4.39 Å². The highest BCUT2D eigenvalue weighted by atomic mass is 19.1. The zero-order valence-corrected chi connectivity index (χ0v) is 18.1. The molecular formula is C29H33F. The van der Waals surface area contributed by atoms with Gasteiger partial charge in [-0.05, 0) is 118 Å². The van der Waals surface area contributed by atoms with Gasteiger partial charge in [-0.15, -0.1) is 0 Å². The summed E-state index contributed by atoms with van der Waals surface area (Å²) in [6.45, 7) is 2.13. The zero-order valence-electron chi connectivity index (χ0n) is 18.1. The van der Waals surface area contributed by atoms with Gasteiger partial charge in [0.15, 0.2) is 0 Å². The standard InChI is InChI=1S/C29H33F/c1-2-3-4-5-24-10-15-28-21-27(17-16-26(28)20-24)25-13-8-22(9-14-25)6-7-23-11-18-29(30)19-12-23/h2-3,8-9,11-14,18-19,24,26-28H,4-5,10,15-17,20-21H2,1H3. The summed E-state index contributed by atoms with van der Waals surface area (Å²) in [7, 11) is 0. The maximum absolute atomic E-state index is 13.0. The minimum absolute atomic E-state index is 0.221. The van der Waals surface area contributed by atoms with Gasteiger partial charge >= 0.3 is 0 Å². The number of hydrogen-bond acceptors (Lipinski definition) is 0. The van der Waals surface area contributed by atoms with Crippen molar-refractivity contribution in [3.63, 3.8) is 0 Å². The number of hydrogen-bond donors (Lipinski definition) is 0. The second-order valence-electron chi connectivity index (χ2n) is 9.23. The maximum atomic E-state index is 13.0. The van der Waals surface area contributed by atoms with Crippen molar-refractivity contribution in [2.45, 2.75) is 64.2 Å². The van der Waals surface area contributed by atoms with E-state index in [0.717, 1.165) is 28.9 Å². The molecule has 2 fully saturated rings. The van der Waals surface area contributed by atoms with Gasteiger partial charge in [0.2, 0.25) is 0 Å². The SMILES string of the molecule is CC=CCCC1CCC2CC(c3ccc(C#Cc4ccc(F)cc4)cc3)CCC2C1. The average Bonchev–Trinajstić information content (AvgIpc) is 2.79. The summed E-state index contributed by atoms with van der Waals surface area (Å²) < 4.78 is 13.0. The first-order valence-corrected chi connectivity index (χ1v) is 11.7. The molecule has 0 saturated heterocycles. The summed E-state index contributed by atoms with van der Waals surface area (Å²) in [5.41, 5.74) is 3.36. The third-order valence-corrected chi connectivity index (χ3v) is 7.28. The summed E-state index contributed by atoms with van der Waals surface area (Å²) in [6.07, 6.45) is 15.6. The molecule has 2 aliphatic carbocycles. The largest absolute Gasteiger partial charge is 0.207 e. The van der Waals surface area contributed by atoms with Gasteiger partial charge in [0.1, 0.15) is 5.82 Å². The molecule has 0 radical (unpaired) electrons. The monoisotopic (exact) mass is 400 g/mol. The van der Waals surface area contributed by atoms with Crippen LogP contribution in [0.3, 0.4) is 0 Å². The van der Waals surface area contributed by atoms with Gasteiger partial charge in [-0.1, -0.05) is 42.5 Å². The first kappa shape index (κ1) is 20.9. The van der Waals surface area contributed by atoms with Crippen LogP contribution in [0.1, 0.15) is 80.9 Å². The fourth-order valence-corrected chi connectivity index (χ4v) is 5.57. The van der Waals surface area contributed by atoms with Crippen molar-refractivity contribution in [2.24, 2.45) is 17.8 Å². The van der Waals surface area contributed by atoms with Gasteiger partial charge < -0.3 is 0 Å². The topological polar surface area (TPSA) is 0 Å². The molecular weight excluding hydrogens is 367 g/mol. The Morgan fingerprint density at radius 1 is 0.833 bits per heavy atom. The molecule has 4 rings (SSSR count). The third kappa shape index (κ3) is 5.42. The minimum atomic E-state index is -0.221. The third-order valence-electron chi connectivity index (χ3n) is 7.28. The predicted molar refractivity (Wildman–Crippen MR) is 124 cm³/mol. The van der Waals surface area contributed by atoms with E-state index in [0.29, 0.717) is 5.92 Å². The first-order valence-electron chi connectivity index (χ1n) is 11.7. The normalized spacial score (nSPS) is 26.1. The minimum Gasteiger partial charge on any atom is -0.207 e. The van der Waals surface area contributed by atoms with Crippen molar-refractivity contribution in [3.05, 3.63) is 83.2 Å². The molecule has 4 atom stereocenters. The lowest BCUT2D eigenvalue weighted by Crippen LogP contribution is -2.30. The molecule has 1 heteroatoms. The Hall–Kier alpha value is -2.33. The van der Waals surface area contributed by atoms with Crippen molar-refractivity contribution < 1.29 is 4.39 Å². The van der Waals surface area contributed by atoms with Crippen molar-refractivity contribution in [2.75, 3.05) is 0 Å². The highest BCUT2D eigenvalue weighted by Crippen LogP contribution is 2.48. The van der Waals surface area contributed by atoms with Gasteiger partial charge in [-0.3, -0.25) is 0 Å². The van der Waals surface area contributed by atoms with Crippen molar-refractivity contribution in [1.82, 2.24) is 0 Å². The molecule has 2 aromatic carbocycles. The van der Waals surface area contributed by atoms with Gasteiger partial charge in [0, 0.05) is 11.1 Å². The molecule has 0 amide bonds. The van der Waals surface area contributed by atoms with Crippen molar-refractivity contribution in [3.8, 4) is 11.8 Å². The summed E-state index contributed by atoms with van der Waals surface area (Å²) in [5.74, 6) is 9.67. The van der Waals surface area contributed by atoms with Gasteiger partial charge in [0.05, 0.1) is 0 Å². The second kappa shape index (κ2) is 10.1.